The van der Waals surface area contributed by atoms with Crippen LogP contribution in [0.15, 0.2) is 0 Å². The van der Waals surface area contributed by atoms with Crippen molar-refractivity contribution in [3.63, 3.8) is 0 Å². The van der Waals surface area contributed by atoms with Crippen LogP contribution in [0.25, 0.3) is 0 Å². The Morgan fingerprint density at radius 2 is 1.81 bits per heavy atom. The van der Waals surface area contributed by atoms with Gasteiger partial charge in [0.2, 0.25) is 10.0 Å². The number of sulfonamides is 1. The Balaban J connectivity index is 5.08. The molecule has 0 aliphatic rings. The maximum absolute atomic E-state index is 12.1. The molecule has 0 fully saturated rings. The highest BCUT2D eigenvalue weighted by Gasteiger charge is 2.37. The molecule has 0 radical (unpaired) electrons. The van der Waals surface area contributed by atoms with E-state index in [1.165, 1.54) is 4.31 Å². The number of aliphatic carboxylic acids is 1. The zero-order valence-corrected chi connectivity index (χ0v) is 11.3. The van der Waals surface area contributed by atoms with Gasteiger partial charge in [-0.2, -0.15) is 4.31 Å². The predicted octanol–water partition coefficient (Wildman–Crippen LogP) is 1.30. The van der Waals surface area contributed by atoms with Crippen LogP contribution in [0, 0.1) is 0 Å². The summed E-state index contributed by atoms with van der Waals surface area (Å²) in [6.45, 7) is 8.44. The molecule has 1 atom stereocenters. The van der Waals surface area contributed by atoms with Crippen molar-refractivity contribution in [2.24, 2.45) is 0 Å². The first-order valence-corrected chi connectivity index (χ1v) is 6.71. The summed E-state index contributed by atoms with van der Waals surface area (Å²) >= 11 is 0. The molecule has 0 heterocycles. The summed E-state index contributed by atoms with van der Waals surface area (Å²) in [6, 6.07) is -0.522. The molecule has 5 nitrogen and oxygen atoms in total. The first-order valence-electron chi connectivity index (χ1n) is 5.27. The van der Waals surface area contributed by atoms with Gasteiger partial charge in [0, 0.05) is 12.6 Å². The van der Waals surface area contributed by atoms with E-state index in [0.29, 0.717) is 0 Å². The molecule has 0 aromatic heterocycles. The van der Waals surface area contributed by atoms with Crippen LogP contribution in [0.1, 0.15) is 41.0 Å². The minimum absolute atomic E-state index is 0.177. The predicted molar refractivity (Wildman–Crippen MR) is 62.8 cm³/mol. The summed E-state index contributed by atoms with van der Waals surface area (Å²) in [7, 11) is -3.46. The SMILES string of the molecule is CCN(C(C)CC(=O)O)S(=O)(=O)C(C)(C)C. The number of rotatable bonds is 5. The third-order valence-electron chi connectivity index (χ3n) is 2.36. The van der Waals surface area contributed by atoms with E-state index in [-0.39, 0.29) is 13.0 Å². The highest BCUT2D eigenvalue weighted by atomic mass is 32.2. The van der Waals surface area contributed by atoms with Gasteiger partial charge in [0.05, 0.1) is 11.2 Å². The van der Waals surface area contributed by atoms with Gasteiger partial charge in [-0.05, 0) is 27.7 Å². The van der Waals surface area contributed by atoms with Gasteiger partial charge in [-0.1, -0.05) is 6.92 Å². The lowest BCUT2D eigenvalue weighted by molar-refractivity contribution is -0.137. The molecule has 0 amide bonds. The Kier molecular flexibility index (Phi) is 4.94. The van der Waals surface area contributed by atoms with Crippen molar-refractivity contribution in [3.8, 4) is 0 Å². The topological polar surface area (TPSA) is 74.7 Å². The monoisotopic (exact) mass is 251 g/mol. The molecular formula is C10H21NO4S. The van der Waals surface area contributed by atoms with Gasteiger partial charge in [-0.15, -0.1) is 0 Å². The maximum atomic E-state index is 12.1. The summed E-state index contributed by atoms with van der Waals surface area (Å²) in [5.74, 6) is -0.991. The second kappa shape index (κ2) is 5.14. The molecule has 0 saturated heterocycles. The van der Waals surface area contributed by atoms with Crippen LogP contribution < -0.4 is 0 Å². The smallest absolute Gasteiger partial charge is 0.304 e. The van der Waals surface area contributed by atoms with Gasteiger partial charge in [-0.3, -0.25) is 4.79 Å². The highest BCUT2D eigenvalue weighted by molar-refractivity contribution is 7.90. The molecule has 0 spiro atoms. The largest absolute Gasteiger partial charge is 0.481 e. The minimum Gasteiger partial charge on any atom is -0.481 e. The number of carboxylic acids is 1. The van der Waals surface area contributed by atoms with Crippen molar-refractivity contribution in [1.29, 1.82) is 0 Å². The lowest BCUT2D eigenvalue weighted by Gasteiger charge is -2.32. The summed E-state index contributed by atoms with van der Waals surface area (Å²) in [5.41, 5.74) is 0. The Labute approximate surface area is 97.5 Å². The van der Waals surface area contributed by atoms with Crippen LogP contribution in [0.5, 0.6) is 0 Å². The molecule has 96 valence electrons. The minimum atomic E-state index is -3.46. The van der Waals surface area contributed by atoms with Crippen LogP contribution in [0.2, 0.25) is 0 Å². The Morgan fingerprint density at radius 3 is 2.06 bits per heavy atom. The number of hydrogen-bond donors (Lipinski definition) is 1. The van der Waals surface area contributed by atoms with Crippen LogP contribution in [-0.4, -0.2) is 41.1 Å². The van der Waals surface area contributed by atoms with Gasteiger partial charge < -0.3 is 5.11 Å². The van der Waals surface area contributed by atoms with Crippen LogP contribution in [-0.2, 0) is 14.8 Å². The number of carboxylic acid groups (broad SMARTS) is 1. The lowest BCUT2D eigenvalue weighted by Crippen LogP contribution is -2.47. The van der Waals surface area contributed by atoms with Gasteiger partial charge in [0.1, 0.15) is 0 Å². The molecule has 0 bridgehead atoms. The fourth-order valence-electron chi connectivity index (χ4n) is 1.42. The van der Waals surface area contributed by atoms with Crippen molar-refractivity contribution < 1.29 is 18.3 Å². The Morgan fingerprint density at radius 1 is 1.38 bits per heavy atom. The highest BCUT2D eigenvalue weighted by Crippen LogP contribution is 2.23. The Bertz CT molecular complexity index is 342. The molecular weight excluding hydrogens is 230 g/mol. The van der Waals surface area contributed by atoms with Crippen molar-refractivity contribution in [2.75, 3.05) is 6.54 Å². The molecule has 0 aromatic carbocycles. The molecule has 0 saturated carbocycles. The molecule has 0 aromatic rings. The van der Waals surface area contributed by atoms with E-state index in [4.69, 9.17) is 5.11 Å². The average molecular weight is 251 g/mol. The van der Waals surface area contributed by atoms with Crippen LogP contribution in [0.3, 0.4) is 0 Å². The van der Waals surface area contributed by atoms with Crippen LogP contribution in [0.4, 0.5) is 0 Å². The normalized spacial score (nSPS) is 15.1. The molecule has 1 N–H and O–H groups in total. The zero-order chi connectivity index (χ0) is 13.1. The molecule has 1 unspecified atom stereocenters. The molecule has 0 rings (SSSR count). The van der Waals surface area contributed by atoms with E-state index < -0.39 is 26.8 Å². The molecule has 16 heavy (non-hydrogen) atoms. The molecule has 0 aliphatic carbocycles. The summed E-state index contributed by atoms with van der Waals surface area (Å²) in [6.07, 6.45) is -0.177. The molecule has 0 aliphatic heterocycles. The van der Waals surface area contributed by atoms with Gasteiger partial charge >= 0.3 is 5.97 Å². The van der Waals surface area contributed by atoms with Crippen molar-refractivity contribution in [2.45, 2.75) is 51.8 Å². The third kappa shape index (κ3) is 3.45. The van der Waals surface area contributed by atoms with E-state index in [1.54, 1.807) is 34.6 Å². The summed E-state index contributed by atoms with van der Waals surface area (Å²) < 4.78 is 24.6. The van der Waals surface area contributed by atoms with Gasteiger partial charge in [0.15, 0.2) is 0 Å². The standard InChI is InChI=1S/C10H21NO4S/c1-6-11(8(2)7-9(12)13)16(14,15)10(3,4)5/h8H,6-7H2,1-5H3,(H,12,13). The van der Waals surface area contributed by atoms with E-state index >= 15 is 0 Å². The summed E-state index contributed by atoms with van der Waals surface area (Å²) in [5, 5.41) is 8.68. The summed E-state index contributed by atoms with van der Waals surface area (Å²) in [4.78, 5) is 10.6. The fraction of sp³-hybridized carbons (Fsp3) is 0.900. The third-order valence-corrected chi connectivity index (χ3v) is 5.14. The van der Waals surface area contributed by atoms with Gasteiger partial charge in [-0.25, -0.2) is 8.42 Å². The number of carbonyl (C=O) groups is 1. The lowest BCUT2D eigenvalue weighted by atomic mass is 10.2. The Hall–Kier alpha value is -0.620. The second-order valence-corrected chi connectivity index (χ2v) is 7.41. The van der Waals surface area contributed by atoms with E-state index in [1.807, 2.05) is 0 Å². The number of hydrogen-bond acceptors (Lipinski definition) is 3. The average Bonchev–Trinajstić information content (AvgIpc) is 2.00. The first kappa shape index (κ1) is 15.4. The first-order chi connectivity index (χ1) is 7.04. The fourth-order valence-corrected chi connectivity index (χ4v) is 3.02. The van der Waals surface area contributed by atoms with Gasteiger partial charge in [0.25, 0.3) is 0 Å². The molecule has 6 heteroatoms. The van der Waals surface area contributed by atoms with E-state index in [2.05, 4.69) is 0 Å². The second-order valence-electron chi connectivity index (χ2n) is 4.77. The van der Waals surface area contributed by atoms with Crippen molar-refractivity contribution in [3.05, 3.63) is 0 Å². The quantitative estimate of drug-likeness (QED) is 0.799. The number of nitrogens with zero attached hydrogens (tertiary/aromatic N) is 1. The zero-order valence-electron chi connectivity index (χ0n) is 10.5. The van der Waals surface area contributed by atoms with Crippen LogP contribution >= 0.6 is 0 Å². The van der Waals surface area contributed by atoms with Crippen molar-refractivity contribution in [1.82, 2.24) is 4.31 Å². The maximum Gasteiger partial charge on any atom is 0.304 e. The van der Waals surface area contributed by atoms with E-state index in [0.717, 1.165) is 0 Å². The van der Waals surface area contributed by atoms with E-state index in [9.17, 15) is 13.2 Å². The van der Waals surface area contributed by atoms with Crippen molar-refractivity contribution >= 4 is 16.0 Å².